The van der Waals surface area contributed by atoms with Crippen LogP contribution in [0, 0.1) is 0 Å². The molecular weight excluding hydrogens is 663 g/mol. The van der Waals surface area contributed by atoms with Crippen molar-refractivity contribution in [3.8, 4) is 44.5 Å². The fraction of sp³-hybridized carbons (Fsp3) is 0. The Kier molecular flexibility index (Phi) is 8.24. The van der Waals surface area contributed by atoms with Crippen LogP contribution in [0.3, 0.4) is 0 Å². The van der Waals surface area contributed by atoms with Gasteiger partial charge in [0.1, 0.15) is 0 Å². The number of nitrogens with zero attached hydrogens (tertiary/aromatic N) is 1. The normalized spacial score (nSPS) is 11.3. The van der Waals surface area contributed by atoms with E-state index in [1.807, 2.05) is 0 Å². The first-order chi connectivity index (χ1) is 27.3. The van der Waals surface area contributed by atoms with Crippen molar-refractivity contribution in [1.82, 2.24) is 0 Å². The molecule has 0 amide bonds. The van der Waals surface area contributed by atoms with Gasteiger partial charge in [-0.3, -0.25) is 0 Å². The molecule has 0 aliphatic rings. The molecule has 10 rings (SSSR count). The Morgan fingerprint density at radius 2 is 0.782 bits per heavy atom. The number of fused-ring (bicyclic) bond motifs is 4. The van der Waals surface area contributed by atoms with Crippen LogP contribution in [0.5, 0.6) is 0 Å². The molecule has 0 saturated heterocycles. The first kappa shape index (κ1) is 32.4. The van der Waals surface area contributed by atoms with Crippen LogP contribution in [0.15, 0.2) is 224 Å². The molecule has 55 heavy (non-hydrogen) atoms. The zero-order chi connectivity index (χ0) is 36.6. The van der Waals surface area contributed by atoms with Crippen LogP contribution in [-0.4, -0.2) is 0 Å². The Hall–Kier alpha value is -7.22. The topological polar surface area (TPSA) is 3.24 Å². The number of benzene rings is 10. The highest BCUT2D eigenvalue weighted by atomic mass is 15.1. The molecule has 0 heterocycles. The van der Waals surface area contributed by atoms with Crippen LogP contribution in [0.2, 0.25) is 0 Å². The Morgan fingerprint density at radius 1 is 0.255 bits per heavy atom. The maximum atomic E-state index is 2.42. The van der Waals surface area contributed by atoms with Crippen LogP contribution in [0.1, 0.15) is 0 Å². The van der Waals surface area contributed by atoms with Gasteiger partial charge in [0.15, 0.2) is 0 Å². The Balaban J connectivity index is 1.15. The van der Waals surface area contributed by atoms with Crippen molar-refractivity contribution in [1.29, 1.82) is 0 Å². The fourth-order valence-electron chi connectivity index (χ4n) is 8.18. The van der Waals surface area contributed by atoms with Crippen LogP contribution in [0.25, 0.3) is 76.8 Å². The standard InChI is InChI=1S/C54H37N/c1-3-15-40(16-4-1)49-24-13-25-53(54(49)42-17-5-2-6-18-42)55(46-32-28-39(29-33-46)44-27-26-38-14-7-8-19-43(38)36-44)47-34-30-41(31-35-47)52-37-45-20-9-10-21-48(45)50-22-11-12-23-51(50)52/h1-37H. The molecule has 0 atom stereocenters. The van der Waals surface area contributed by atoms with Gasteiger partial charge in [0.05, 0.1) is 5.69 Å². The van der Waals surface area contributed by atoms with Crippen molar-refractivity contribution < 1.29 is 0 Å². The molecule has 0 radical (unpaired) electrons. The summed E-state index contributed by atoms with van der Waals surface area (Å²) in [5.41, 5.74) is 12.9. The molecule has 0 saturated carbocycles. The quantitative estimate of drug-likeness (QED) is 0.150. The summed E-state index contributed by atoms with van der Waals surface area (Å²) in [5, 5.41) is 7.56. The third kappa shape index (κ3) is 6.02. The summed E-state index contributed by atoms with van der Waals surface area (Å²) in [5.74, 6) is 0. The second kappa shape index (κ2) is 14.0. The highest BCUT2D eigenvalue weighted by Crippen LogP contribution is 2.46. The maximum Gasteiger partial charge on any atom is 0.0546 e. The van der Waals surface area contributed by atoms with E-state index in [1.165, 1.54) is 76.8 Å². The van der Waals surface area contributed by atoms with Crippen molar-refractivity contribution in [3.63, 3.8) is 0 Å². The predicted molar refractivity (Wildman–Crippen MR) is 235 cm³/mol. The monoisotopic (exact) mass is 699 g/mol. The molecular formula is C54H37N. The van der Waals surface area contributed by atoms with Crippen molar-refractivity contribution in [2.24, 2.45) is 0 Å². The molecule has 258 valence electrons. The average molecular weight is 700 g/mol. The van der Waals surface area contributed by atoms with E-state index in [1.54, 1.807) is 0 Å². The molecule has 1 heteroatoms. The summed E-state index contributed by atoms with van der Waals surface area (Å²) in [6.07, 6.45) is 0. The van der Waals surface area contributed by atoms with Gasteiger partial charge in [0.2, 0.25) is 0 Å². The fourth-order valence-corrected chi connectivity index (χ4v) is 8.18. The highest BCUT2D eigenvalue weighted by Gasteiger charge is 2.21. The lowest BCUT2D eigenvalue weighted by Crippen LogP contribution is -2.11. The van der Waals surface area contributed by atoms with Crippen molar-refractivity contribution in [2.45, 2.75) is 0 Å². The van der Waals surface area contributed by atoms with Crippen LogP contribution >= 0.6 is 0 Å². The Morgan fingerprint density at radius 3 is 1.49 bits per heavy atom. The van der Waals surface area contributed by atoms with Gasteiger partial charge in [-0.15, -0.1) is 0 Å². The molecule has 0 N–H and O–H groups in total. The third-order valence-corrected chi connectivity index (χ3v) is 10.8. The van der Waals surface area contributed by atoms with Crippen LogP contribution < -0.4 is 4.90 Å². The number of hydrogen-bond donors (Lipinski definition) is 0. The summed E-state index contributed by atoms with van der Waals surface area (Å²) < 4.78 is 0. The molecule has 0 aromatic heterocycles. The number of anilines is 3. The SMILES string of the molecule is c1ccc(-c2cccc(N(c3ccc(-c4ccc5ccccc5c4)cc3)c3ccc(-c4cc5ccccc5c5ccccc45)cc3)c2-c2ccccc2)cc1. The number of hydrogen-bond acceptors (Lipinski definition) is 1. The van der Waals surface area contributed by atoms with Gasteiger partial charge in [-0.1, -0.05) is 182 Å². The van der Waals surface area contributed by atoms with E-state index in [0.29, 0.717) is 0 Å². The lowest BCUT2D eigenvalue weighted by atomic mass is 9.91. The maximum absolute atomic E-state index is 2.42. The van der Waals surface area contributed by atoms with E-state index >= 15 is 0 Å². The van der Waals surface area contributed by atoms with E-state index in [0.717, 1.165) is 17.1 Å². The predicted octanol–water partition coefficient (Wildman–Crippen LogP) is 15.3. The van der Waals surface area contributed by atoms with E-state index in [4.69, 9.17) is 0 Å². The Bertz CT molecular complexity index is 2950. The van der Waals surface area contributed by atoms with Crippen molar-refractivity contribution >= 4 is 49.4 Å². The van der Waals surface area contributed by atoms with Crippen molar-refractivity contribution in [3.05, 3.63) is 224 Å². The first-order valence-corrected chi connectivity index (χ1v) is 18.9. The van der Waals surface area contributed by atoms with Gasteiger partial charge in [-0.25, -0.2) is 0 Å². The summed E-state index contributed by atoms with van der Waals surface area (Å²) in [7, 11) is 0. The molecule has 10 aromatic rings. The van der Waals surface area contributed by atoms with Gasteiger partial charge >= 0.3 is 0 Å². The lowest BCUT2D eigenvalue weighted by molar-refractivity contribution is 1.28. The largest absolute Gasteiger partial charge is 0.310 e. The minimum atomic E-state index is 1.09. The molecule has 0 aliphatic heterocycles. The molecule has 0 fully saturated rings. The molecule has 1 nitrogen and oxygen atoms in total. The van der Waals surface area contributed by atoms with E-state index < -0.39 is 0 Å². The summed E-state index contributed by atoms with van der Waals surface area (Å²) in [6, 6.07) is 81.5. The zero-order valence-electron chi connectivity index (χ0n) is 30.3. The minimum absolute atomic E-state index is 1.09. The summed E-state index contributed by atoms with van der Waals surface area (Å²) >= 11 is 0. The lowest BCUT2D eigenvalue weighted by Gasteiger charge is -2.29. The van der Waals surface area contributed by atoms with Crippen LogP contribution in [-0.2, 0) is 0 Å². The second-order valence-electron chi connectivity index (χ2n) is 14.1. The summed E-state index contributed by atoms with van der Waals surface area (Å²) in [6.45, 7) is 0. The second-order valence-corrected chi connectivity index (χ2v) is 14.1. The van der Waals surface area contributed by atoms with Gasteiger partial charge in [-0.05, 0) is 114 Å². The summed E-state index contributed by atoms with van der Waals surface area (Å²) in [4.78, 5) is 2.42. The van der Waals surface area contributed by atoms with Gasteiger partial charge in [0, 0.05) is 16.9 Å². The van der Waals surface area contributed by atoms with Gasteiger partial charge in [0.25, 0.3) is 0 Å². The number of rotatable bonds is 7. The van der Waals surface area contributed by atoms with Crippen LogP contribution in [0.4, 0.5) is 17.1 Å². The third-order valence-electron chi connectivity index (χ3n) is 10.8. The highest BCUT2D eigenvalue weighted by molar-refractivity contribution is 6.13. The zero-order valence-corrected chi connectivity index (χ0v) is 30.3. The molecule has 0 aliphatic carbocycles. The molecule has 0 spiro atoms. The molecule has 10 aromatic carbocycles. The minimum Gasteiger partial charge on any atom is -0.310 e. The Labute approximate surface area is 322 Å². The van der Waals surface area contributed by atoms with E-state index in [2.05, 4.69) is 229 Å². The van der Waals surface area contributed by atoms with Gasteiger partial charge < -0.3 is 4.90 Å². The van der Waals surface area contributed by atoms with Crippen molar-refractivity contribution in [2.75, 3.05) is 4.90 Å². The van der Waals surface area contributed by atoms with E-state index in [9.17, 15) is 0 Å². The first-order valence-electron chi connectivity index (χ1n) is 18.9. The average Bonchev–Trinajstić information content (AvgIpc) is 3.27. The smallest absolute Gasteiger partial charge is 0.0546 e. The molecule has 0 unspecified atom stereocenters. The molecule has 0 bridgehead atoms. The van der Waals surface area contributed by atoms with Gasteiger partial charge in [-0.2, -0.15) is 0 Å². The van der Waals surface area contributed by atoms with E-state index in [-0.39, 0.29) is 0 Å².